The number of amides is 1. The quantitative estimate of drug-likeness (QED) is 0.680. The molecule has 0 saturated carbocycles. The van der Waals surface area contributed by atoms with Crippen molar-refractivity contribution >= 4 is 17.3 Å². The average Bonchev–Trinajstić information content (AvgIpc) is 2.69. The Bertz CT molecular complexity index is 851. The minimum atomic E-state index is -0.216. The second-order valence-electron chi connectivity index (χ2n) is 5.59. The Morgan fingerprint density at radius 1 is 1.04 bits per heavy atom. The van der Waals surface area contributed by atoms with E-state index in [0.29, 0.717) is 24.4 Å². The summed E-state index contributed by atoms with van der Waals surface area (Å²) in [7, 11) is 0. The standard InChI is InChI=1S/C20H20N4O2/c1-2-26-19-7-5-17(6-8-19)24-20(25)16-10-18(14-22-13-16)23-12-15-4-3-9-21-11-15/h3-11,13-14,23H,2,12H2,1H3,(H,24,25). The Morgan fingerprint density at radius 2 is 1.88 bits per heavy atom. The fourth-order valence-corrected chi connectivity index (χ4v) is 2.37. The van der Waals surface area contributed by atoms with Crippen LogP contribution in [0.15, 0.2) is 67.3 Å². The molecule has 2 N–H and O–H groups in total. The highest BCUT2D eigenvalue weighted by Gasteiger charge is 2.08. The second kappa shape index (κ2) is 8.62. The molecular weight excluding hydrogens is 328 g/mol. The molecule has 132 valence electrons. The number of hydrogen-bond acceptors (Lipinski definition) is 5. The maximum Gasteiger partial charge on any atom is 0.257 e. The van der Waals surface area contributed by atoms with E-state index in [1.165, 1.54) is 0 Å². The molecule has 3 aromatic rings. The van der Waals surface area contributed by atoms with Crippen LogP contribution in [0.1, 0.15) is 22.8 Å². The Hall–Kier alpha value is -3.41. The predicted molar refractivity (Wildman–Crippen MR) is 101 cm³/mol. The Balaban J connectivity index is 1.62. The SMILES string of the molecule is CCOc1ccc(NC(=O)c2cncc(NCc3cccnc3)c2)cc1. The van der Waals surface area contributed by atoms with Crippen LogP contribution in [0.4, 0.5) is 11.4 Å². The van der Waals surface area contributed by atoms with Gasteiger partial charge in [0.15, 0.2) is 0 Å². The molecule has 0 spiro atoms. The van der Waals surface area contributed by atoms with Crippen LogP contribution < -0.4 is 15.4 Å². The van der Waals surface area contributed by atoms with Crippen LogP contribution in [0.3, 0.4) is 0 Å². The first-order chi connectivity index (χ1) is 12.7. The van der Waals surface area contributed by atoms with Gasteiger partial charge in [-0.1, -0.05) is 6.07 Å². The van der Waals surface area contributed by atoms with Crippen LogP contribution in [-0.2, 0) is 6.54 Å². The first-order valence-corrected chi connectivity index (χ1v) is 8.36. The largest absolute Gasteiger partial charge is 0.494 e. The summed E-state index contributed by atoms with van der Waals surface area (Å²) < 4.78 is 5.39. The van der Waals surface area contributed by atoms with E-state index in [2.05, 4.69) is 20.6 Å². The van der Waals surface area contributed by atoms with Crippen LogP contribution in [0.25, 0.3) is 0 Å². The molecule has 6 heteroatoms. The maximum atomic E-state index is 12.4. The van der Waals surface area contributed by atoms with E-state index in [0.717, 1.165) is 17.0 Å². The van der Waals surface area contributed by atoms with Gasteiger partial charge in [-0.05, 0) is 48.9 Å². The first kappa shape index (κ1) is 17.4. The third-order valence-electron chi connectivity index (χ3n) is 3.64. The minimum Gasteiger partial charge on any atom is -0.494 e. The van der Waals surface area contributed by atoms with Crippen LogP contribution in [0.5, 0.6) is 5.75 Å². The highest BCUT2D eigenvalue weighted by molar-refractivity contribution is 6.04. The molecule has 1 amide bonds. The summed E-state index contributed by atoms with van der Waals surface area (Å²) in [6.07, 6.45) is 6.75. The molecule has 0 aliphatic heterocycles. The normalized spacial score (nSPS) is 10.2. The van der Waals surface area contributed by atoms with Gasteiger partial charge in [-0.25, -0.2) is 0 Å². The Kier molecular flexibility index (Phi) is 5.77. The summed E-state index contributed by atoms with van der Waals surface area (Å²) in [6, 6.07) is 12.9. The third-order valence-corrected chi connectivity index (χ3v) is 3.64. The number of anilines is 2. The lowest BCUT2D eigenvalue weighted by molar-refractivity contribution is 0.102. The first-order valence-electron chi connectivity index (χ1n) is 8.36. The number of carbonyl (C=O) groups is 1. The van der Waals surface area contributed by atoms with Crippen molar-refractivity contribution in [1.29, 1.82) is 0 Å². The third kappa shape index (κ3) is 4.80. The summed E-state index contributed by atoms with van der Waals surface area (Å²) in [5, 5.41) is 6.10. The van der Waals surface area contributed by atoms with Gasteiger partial charge in [0, 0.05) is 37.0 Å². The lowest BCUT2D eigenvalue weighted by atomic mass is 10.2. The summed E-state index contributed by atoms with van der Waals surface area (Å²) in [6.45, 7) is 3.15. The van der Waals surface area contributed by atoms with Crippen LogP contribution in [0, 0.1) is 0 Å². The van der Waals surface area contributed by atoms with Gasteiger partial charge >= 0.3 is 0 Å². The van der Waals surface area contributed by atoms with Gasteiger partial charge < -0.3 is 15.4 Å². The number of carbonyl (C=O) groups excluding carboxylic acids is 1. The number of nitrogens with one attached hydrogen (secondary N) is 2. The van der Waals surface area contributed by atoms with Crippen molar-refractivity contribution in [2.45, 2.75) is 13.5 Å². The molecule has 0 aliphatic rings. The number of nitrogens with zero attached hydrogens (tertiary/aromatic N) is 2. The predicted octanol–water partition coefficient (Wildman–Crippen LogP) is 3.74. The molecule has 26 heavy (non-hydrogen) atoms. The molecule has 0 saturated heterocycles. The second-order valence-corrected chi connectivity index (χ2v) is 5.59. The van der Waals surface area contributed by atoms with Crippen LogP contribution in [0.2, 0.25) is 0 Å². The molecule has 0 fully saturated rings. The molecule has 1 aromatic carbocycles. The Morgan fingerprint density at radius 3 is 2.62 bits per heavy atom. The van der Waals surface area contributed by atoms with E-state index in [4.69, 9.17) is 4.74 Å². The molecule has 3 rings (SSSR count). The van der Waals surface area contributed by atoms with Gasteiger partial charge in [0.05, 0.1) is 17.9 Å². The molecule has 2 aromatic heterocycles. The fourth-order valence-electron chi connectivity index (χ4n) is 2.37. The number of hydrogen-bond donors (Lipinski definition) is 2. The molecule has 0 radical (unpaired) electrons. The van der Waals surface area contributed by atoms with E-state index >= 15 is 0 Å². The van der Waals surface area contributed by atoms with Gasteiger partial charge in [0.25, 0.3) is 5.91 Å². The van der Waals surface area contributed by atoms with Crippen LogP contribution >= 0.6 is 0 Å². The zero-order valence-electron chi connectivity index (χ0n) is 14.5. The smallest absolute Gasteiger partial charge is 0.257 e. The van der Waals surface area contributed by atoms with E-state index in [1.54, 1.807) is 43.0 Å². The molecule has 0 aliphatic carbocycles. The average molecular weight is 348 g/mol. The molecular formula is C20H20N4O2. The van der Waals surface area contributed by atoms with Crippen molar-refractivity contribution < 1.29 is 9.53 Å². The Labute approximate surface area is 152 Å². The van der Waals surface area contributed by atoms with Gasteiger partial charge in [-0.2, -0.15) is 0 Å². The lowest BCUT2D eigenvalue weighted by Gasteiger charge is -2.09. The summed E-state index contributed by atoms with van der Waals surface area (Å²) in [4.78, 5) is 20.6. The zero-order chi connectivity index (χ0) is 18.2. The molecule has 0 unspecified atom stereocenters. The van der Waals surface area contributed by atoms with Crippen molar-refractivity contribution in [3.05, 3.63) is 78.4 Å². The fraction of sp³-hybridized carbons (Fsp3) is 0.150. The van der Waals surface area contributed by atoms with E-state index in [9.17, 15) is 4.79 Å². The highest BCUT2D eigenvalue weighted by atomic mass is 16.5. The van der Waals surface area contributed by atoms with Crippen molar-refractivity contribution in [2.75, 3.05) is 17.2 Å². The number of pyridine rings is 2. The number of rotatable bonds is 7. The highest BCUT2D eigenvalue weighted by Crippen LogP contribution is 2.17. The number of benzene rings is 1. The van der Waals surface area contributed by atoms with Crippen molar-refractivity contribution in [1.82, 2.24) is 9.97 Å². The minimum absolute atomic E-state index is 0.216. The van der Waals surface area contributed by atoms with Crippen molar-refractivity contribution in [3.63, 3.8) is 0 Å². The van der Waals surface area contributed by atoms with E-state index in [-0.39, 0.29) is 5.91 Å². The zero-order valence-corrected chi connectivity index (χ0v) is 14.5. The monoisotopic (exact) mass is 348 g/mol. The molecule has 6 nitrogen and oxygen atoms in total. The lowest BCUT2D eigenvalue weighted by Crippen LogP contribution is -2.12. The topological polar surface area (TPSA) is 76.1 Å². The maximum absolute atomic E-state index is 12.4. The molecule has 0 atom stereocenters. The van der Waals surface area contributed by atoms with Gasteiger partial charge in [-0.3, -0.25) is 14.8 Å². The van der Waals surface area contributed by atoms with Gasteiger partial charge in [-0.15, -0.1) is 0 Å². The summed E-state index contributed by atoms with van der Waals surface area (Å²) in [5.74, 6) is 0.556. The van der Waals surface area contributed by atoms with E-state index < -0.39 is 0 Å². The molecule has 0 bridgehead atoms. The summed E-state index contributed by atoms with van der Waals surface area (Å²) >= 11 is 0. The van der Waals surface area contributed by atoms with Crippen molar-refractivity contribution in [2.24, 2.45) is 0 Å². The molecule has 2 heterocycles. The summed E-state index contributed by atoms with van der Waals surface area (Å²) in [5.41, 5.74) is 3.01. The van der Waals surface area contributed by atoms with Gasteiger partial charge in [0.1, 0.15) is 5.75 Å². The van der Waals surface area contributed by atoms with E-state index in [1.807, 2.05) is 31.2 Å². The van der Waals surface area contributed by atoms with Crippen LogP contribution in [-0.4, -0.2) is 22.5 Å². The number of aromatic nitrogens is 2. The van der Waals surface area contributed by atoms with Crippen molar-refractivity contribution in [3.8, 4) is 5.75 Å². The van der Waals surface area contributed by atoms with Gasteiger partial charge in [0.2, 0.25) is 0 Å². The number of ether oxygens (including phenoxy) is 1.